The number of carbonyl (C=O) groups is 2. The molecule has 2 heterocycles. The Kier molecular flexibility index (Phi) is 7.75. The van der Waals surface area contributed by atoms with Gasteiger partial charge in [-0.05, 0) is 30.7 Å². The summed E-state index contributed by atoms with van der Waals surface area (Å²) < 4.78 is 17.2. The zero-order valence-corrected chi connectivity index (χ0v) is 20.1. The Hall–Kier alpha value is -3.05. The molecule has 0 saturated heterocycles. The van der Waals surface area contributed by atoms with Gasteiger partial charge < -0.3 is 24.1 Å². The Balaban J connectivity index is 1.70. The molecule has 170 valence electrons. The monoisotopic (exact) mass is 476 g/mol. The van der Waals surface area contributed by atoms with Gasteiger partial charge >= 0.3 is 5.97 Å². The first-order chi connectivity index (χ1) is 15.4. The number of nitrogens with zero attached hydrogens (tertiary/aromatic N) is 3. The van der Waals surface area contributed by atoms with Gasteiger partial charge in [-0.25, -0.2) is 4.79 Å². The van der Waals surface area contributed by atoms with E-state index in [0.29, 0.717) is 33.0 Å². The van der Waals surface area contributed by atoms with E-state index in [9.17, 15) is 9.59 Å². The number of aryl methyl sites for hydroxylation is 1. The van der Waals surface area contributed by atoms with Crippen LogP contribution in [-0.2, 0) is 23.0 Å². The number of benzene rings is 1. The number of hydrogen-bond donors (Lipinski definition) is 1. The maximum absolute atomic E-state index is 12.5. The van der Waals surface area contributed by atoms with E-state index in [2.05, 4.69) is 15.5 Å². The molecular weight excluding hydrogens is 452 g/mol. The molecule has 1 N–H and O–H groups in total. The fourth-order valence-electron chi connectivity index (χ4n) is 2.93. The Labute approximate surface area is 194 Å². The van der Waals surface area contributed by atoms with E-state index in [4.69, 9.17) is 14.2 Å². The van der Waals surface area contributed by atoms with E-state index >= 15 is 0 Å². The van der Waals surface area contributed by atoms with E-state index in [1.807, 2.05) is 26.1 Å². The minimum absolute atomic E-state index is 0.109. The summed E-state index contributed by atoms with van der Waals surface area (Å²) in [7, 11) is 6.29. The minimum Gasteiger partial charge on any atom is -0.493 e. The minimum atomic E-state index is -0.475. The number of anilines is 1. The van der Waals surface area contributed by atoms with Crippen LogP contribution in [0.1, 0.15) is 22.2 Å². The molecule has 9 nitrogen and oxygen atoms in total. The summed E-state index contributed by atoms with van der Waals surface area (Å²) in [6.45, 7) is 1.98. The second-order valence-electron chi connectivity index (χ2n) is 6.57. The summed E-state index contributed by atoms with van der Waals surface area (Å²) in [5.41, 5.74) is 1.17. The number of nitrogens with one attached hydrogen (secondary N) is 1. The van der Waals surface area contributed by atoms with Gasteiger partial charge in [0.25, 0.3) is 0 Å². The average molecular weight is 477 g/mol. The lowest BCUT2D eigenvalue weighted by molar-refractivity contribution is -0.113. The maximum atomic E-state index is 12.5. The molecule has 0 radical (unpaired) electrons. The highest BCUT2D eigenvalue weighted by Gasteiger charge is 2.19. The molecule has 0 spiro atoms. The number of methoxy groups -OCH3 is 3. The van der Waals surface area contributed by atoms with Crippen molar-refractivity contribution in [1.82, 2.24) is 14.8 Å². The molecule has 3 aromatic rings. The Morgan fingerprint density at radius 3 is 2.53 bits per heavy atom. The van der Waals surface area contributed by atoms with E-state index < -0.39 is 5.97 Å². The first kappa shape index (κ1) is 23.6. The highest BCUT2D eigenvalue weighted by atomic mass is 32.2. The standard InChI is InChI=1S/C21H24N4O5S2/c1-6-13-10-14(20(27)30-5)19(32-13)22-17(26)11-31-21-24-23-18(25(21)2)12-7-8-15(28-3)16(9-12)29-4/h7-10H,6,11H2,1-5H3,(H,22,26). The molecule has 0 aliphatic rings. The topological polar surface area (TPSA) is 105 Å². The van der Waals surface area contributed by atoms with E-state index in [1.165, 1.54) is 30.2 Å². The van der Waals surface area contributed by atoms with Crippen molar-refractivity contribution < 1.29 is 23.8 Å². The summed E-state index contributed by atoms with van der Waals surface area (Å²) in [5.74, 6) is 1.23. The molecule has 0 aliphatic carbocycles. The van der Waals surface area contributed by atoms with Crippen LogP contribution in [0.3, 0.4) is 0 Å². The summed E-state index contributed by atoms with van der Waals surface area (Å²) >= 11 is 2.62. The molecular formula is C21H24N4O5S2. The van der Waals surface area contributed by atoms with Crippen molar-refractivity contribution in [2.75, 3.05) is 32.4 Å². The first-order valence-corrected chi connectivity index (χ1v) is 11.5. The number of amides is 1. The van der Waals surface area contributed by atoms with Crippen LogP contribution in [0, 0.1) is 0 Å². The lowest BCUT2D eigenvalue weighted by Crippen LogP contribution is -2.16. The second kappa shape index (κ2) is 10.5. The zero-order valence-electron chi connectivity index (χ0n) is 18.4. The Morgan fingerprint density at radius 1 is 1.12 bits per heavy atom. The van der Waals surface area contributed by atoms with Gasteiger partial charge in [-0.1, -0.05) is 18.7 Å². The van der Waals surface area contributed by atoms with E-state index in [1.54, 1.807) is 30.9 Å². The van der Waals surface area contributed by atoms with Gasteiger partial charge in [-0.2, -0.15) is 0 Å². The Bertz CT molecular complexity index is 1130. The predicted octanol–water partition coefficient (Wildman–Crippen LogP) is 3.64. The molecule has 0 unspecified atom stereocenters. The van der Waals surface area contributed by atoms with Gasteiger partial charge in [0.1, 0.15) is 5.00 Å². The van der Waals surface area contributed by atoms with Crippen molar-refractivity contribution in [3.8, 4) is 22.9 Å². The number of ether oxygens (including phenoxy) is 3. The predicted molar refractivity (Wildman–Crippen MR) is 124 cm³/mol. The quantitative estimate of drug-likeness (QED) is 0.369. The number of aromatic nitrogens is 3. The fourth-order valence-corrected chi connectivity index (χ4v) is 4.64. The number of hydrogen-bond acceptors (Lipinski definition) is 9. The molecule has 2 aromatic heterocycles. The zero-order chi connectivity index (χ0) is 23.3. The fraction of sp³-hybridized carbons (Fsp3) is 0.333. The van der Waals surface area contributed by atoms with Gasteiger partial charge in [0.05, 0.1) is 32.6 Å². The van der Waals surface area contributed by atoms with Crippen LogP contribution in [0.2, 0.25) is 0 Å². The molecule has 1 amide bonds. The first-order valence-electron chi connectivity index (χ1n) is 9.67. The van der Waals surface area contributed by atoms with Gasteiger partial charge in [0, 0.05) is 17.5 Å². The number of esters is 1. The van der Waals surface area contributed by atoms with Crippen molar-refractivity contribution in [1.29, 1.82) is 0 Å². The molecule has 0 aliphatic heterocycles. The van der Waals surface area contributed by atoms with Gasteiger partial charge in [0.2, 0.25) is 5.91 Å². The molecule has 0 bridgehead atoms. The van der Waals surface area contributed by atoms with Crippen LogP contribution < -0.4 is 14.8 Å². The highest BCUT2D eigenvalue weighted by molar-refractivity contribution is 7.99. The third-order valence-electron chi connectivity index (χ3n) is 4.60. The maximum Gasteiger partial charge on any atom is 0.340 e. The molecule has 0 saturated carbocycles. The van der Waals surface area contributed by atoms with Crippen LogP contribution in [0.25, 0.3) is 11.4 Å². The van der Waals surface area contributed by atoms with Crippen LogP contribution >= 0.6 is 23.1 Å². The second-order valence-corrected chi connectivity index (χ2v) is 8.65. The molecule has 1 aromatic carbocycles. The van der Waals surface area contributed by atoms with Crippen molar-refractivity contribution in [2.45, 2.75) is 18.5 Å². The van der Waals surface area contributed by atoms with E-state index in [0.717, 1.165) is 16.9 Å². The van der Waals surface area contributed by atoms with Crippen molar-refractivity contribution in [3.05, 3.63) is 34.7 Å². The van der Waals surface area contributed by atoms with Gasteiger partial charge in [-0.15, -0.1) is 21.5 Å². The normalized spacial score (nSPS) is 10.7. The van der Waals surface area contributed by atoms with Crippen LogP contribution in [0.15, 0.2) is 29.4 Å². The SMILES string of the molecule is CCc1cc(C(=O)OC)c(NC(=O)CSc2nnc(-c3ccc(OC)c(OC)c3)n2C)s1. The number of thioether (sulfide) groups is 1. The summed E-state index contributed by atoms with van der Waals surface area (Å²) in [5, 5.41) is 12.3. The van der Waals surface area contributed by atoms with Crippen molar-refractivity contribution in [2.24, 2.45) is 7.05 Å². The van der Waals surface area contributed by atoms with Crippen molar-refractivity contribution in [3.63, 3.8) is 0 Å². The number of carbonyl (C=O) groups excluding carboxylic acids is 2. The van der Waals surface area contributed by atoms with Gasteiger partial charge in [-0.3, -0.25) is 4.79 Å². The third-order valence-corrected chi connectivity index (χ3v) is 6.81. The van der Waals surface area contributed by atoms with E-state index in [-0.39, 0.29) is 11.7 Å². The summed E-state index contributed by atoms with van der Waals surface area (Å²) in [6, 6.07) is 7.23. The highest BCUT2D eigenvalue weighted by Crippen LogP contribution is 2.33. The molecule has 11 heteroatoms. The lowest BCUT2D eigenvalue weighted by atomic mass is 10.2. The van der Waals surface area contributed by atoms with Crippen molar-refractivity contribution >= 4 is 40.0 Å². The average Bonchev–Trinajstić information content (AvgIpc) is 3.39. The van der Waals surface area contributed by atoms with Crippen LogP contribution in [0.4, 0.5) is 5.00 Å². The van der Waals surface area contributed by atoms with Crippen LogP contribution in [0.5, 0.6) is 11.5 Å². The van der Waals surface area contributed by atoms with Gasteiger partial charge in [0.15, 0.2) is 22.5 Å². The van der Waals surface area contributed by atoms with Crippen LogP contribution in [-0.4, -0.2) is 53.7 Å². The molecule has 32 heavy (non-hydrogen) atoms. The lowest BCUT2D eigenvalue weighted by Gasteiger charge is -2.09. The smallest absolute Gasteiger partial charge is 0.340 e. The number of rotatable bonds is 9. The molecule has 0 fully saturated rings. The largest absolute Gasteiger partial charge is 0.493 e. The third kappa shape index (κ3) is 5.05. The molecule has 3 rings (SSSR count). The number of thiophene rings is 1. The Morgan fingerprint density at radius 2 is 1.88 bits per heavy atom. The molecule has 0 atom stereocenters. The summed E-state index contributed by atoms with van der Waals surface area (Å²) in [6.07, 6.45) is 0.761. The summed E-state index contributed by atoms with van der Waals surface area (Å²) in [4.78, 5) is 25.5.